The van der Waals surface area contributed by atoms with E-state index in [4.69, 9.17) is 0 Å². The molecule has 1 aromatic carbocycles. The Morgan fingerprint density at radius 1 is 1.43 bits per heavy atom. The van der Waals surface area contributed by atoms with Gasteiger partial charge in [-0.3, -0.25) is 14.9 Å². The van der Waals surface area contributed by atoms with E-state index in [-0.39, 0.29) is 11.5 Å². The third-order valence-corrected chi connectivity index (χ3v) is 2.70. The average Bonchev–Trinajstić information content (AvgIpc) is 2.97. The van der Waals surface area contributed by atoms with Crippen LogP contribution in [0.3, 0.4) is 0 Å². The van der Waals surface area contributed by atoms with Crippen molar-refractivity contribution in [3.8, 4) is 0 Å². The van der Waals surface area contributed by atoms with Crippen LogP contribution in [0.5, 0.6) is 0 Å². The maximum absolute atomic E-state index is 12.0. The van der Waals surface area contributed by atoms with Crippen molar-refractivity contribution in [2.75, 3.05) is 17.2 Å². The van der Waals surface area contributed by atoms with Crippen molar-refractivity contribution >= 4 is 23.1 Å². The summed E-state index contributed by atoms with van der Waals surface area (Å²) in [4.78, 5) is 22.5. The van der Waals surface area contributed by atoms with Crippen LogP contribution in [0.15, 0.2) is 35.1 Å². The van der Waals surface area contributed by atoms with Crippen LogP contribution in [0.1, 0.15) is 23.7 Å². The Kier molecular flexibility index (Phi) is 4.50. The van der Waals surface area contributed by atoms with E-state index < -0.39 is 10.8 Å². The Morgan fingerprint density at radius 2 is 2.24 bits per heavy atom. The number of aromatic nitrogens is 1. The Labute approximate surface area is 120 Å². The molecule has 1 aromatic heterocycles. The second-order valence-corrected chi connectivity index (χ2v) is 4.25. The minimum absolute atomic E-state index is 0.0681. The number of anilines is 2. The maximum Gasteiger partial charge on any atom is 0.292 e. The SMILES string of the molecule is CCCNc1cc(C(=O)Nc2ccon2)ccc1[N+](=O)[O-]. The van der Waals surface area contributed by atoms with Gasteiger partial charge in [0.15, 0.2) is 5.82 Å². The quantitative estimate of drug-likeness (QED) is 0.625. The van der Waals surface area contributed by atoms with E-state index >= 15 is 0 Å². The van der Waals surface area contributed by atoms with Crippen LogP contribution in [-0.2, 0) is 0 Å². The molecule has 0 aliphatic carbocycles. The first kappa shape index (κ1) is 14.5. The molecule has 1 heterocycles. The highest BCUT2D eigenvalue weighted by Gasteiger charge is 2.17. The summed E-state index contributed by atoms with van der Waals surface area (Å²) in [6.07, 6.45) is 2.15. The Hall–Kier alpha value is -2.90. The van der Waals surface area contributed by atoms with E-state index in [9.17, 15) is 14.9 Å². The van der Waals surface area contributed by atoms with Crippen LogP contribution < -0.4 is 10.6 Å². The monoisotopic (exact) mass is 290 g/mol. The number of carbonyl (C=O) groups is 1. The fourth-order valence-electron chi connectivity index (χ4n) is 1.70. The smallest absolute Gasteiger partial charge is 0.292 e. The fourth-order valence-corrected chi connectivity index (χ4v) is 1.70. The molecule has 0 spiro atoms. The molecule has 0 aliphatic heterocycles. The lowest BCUT2D eigenvalue weighted by atomic mass is 10.1. The van der Waals surface area contributed by atoms with Gasteiger partial charge in [0.05, 0.1) is 4.92 Å². The molecule has 0 bridgehead atoms. The first-order valence-electron chi connectivity index (χ1n) is 6.36. The Balaban J connectivity index is 2.23. The van der Waals surface area contributed by atoms with Gasteiger partial charge in [-0.05, 0) is 18.6 Å². The third-order valence-electron chi connectivity index (χ3n) is 2.70. The third kappa shape index (κ3) is 3.56. The second kappa shape index (κ2) is 6.51. The predicted molar refractivity (Wildman–Crippen MR) is 76.3 cm³/mol. The molecule has 0 unspecified atom stereocenters. The fraction of sp³-hybridized carbons (Fsp3) is 0.231. The lowest BCUT2D eigenvalue weighted by molar-refractivity contribution is -0.384. The molecule has 0 aliphatic rings. The number of nitrogens with zero attached hydrogens (tertiary/aromatic N) is 2. The number of nitrogens with one attached hydrogen (secondary N) is 2. The highest BCUT2D eigenvalue weighted by molar-refractivity contribution is 6.04. The number of nitro groups is 1. The lowest BCUT2D eigenvalue weighted by Gasteiger charge is -2.08. The normalized spacial score (nSPS) is 10.1. The molecule has 0 saturated carbocycles. The maximum atomic E-state index is 12.0. The number of hydrogen-bond acceptors (Lipinski definition) is 6. The molecule has 110 valence electrons. The molecule has 0 radical (unpaired) electrons. The summed E-state index contributed by atoms with van der Waals surface area (Å²) in [6.45, 7) is 2.52. The number of amides is 1. The standard InChI is InChI=1S/C13H14N4O4/c1-2-6-14-10-8-9(3-4-11(10)17(19)20)13(18)15-12-5-7-21-16-12/h3-5,7-8,14H,2,6H2,1H3,(H,15,16,18). The molecule has 2 N–H and O–H groups in total. The van der Waals surface area contributed by atoms with E-state index in [1.165, 1.54) is 30.5 Å². The van der Waals surface area contributed by atoms with Gasteiger partial charge in [0.1, 0.15) is 12.0 Å². The summed E-state index contributed by atoms with van der Waals surface area (Å²) >= 11 is 0. The Bertz CT molecular complexity index is 640. The molecular weight excluding hydrogens is 276 g/mol. The van der Waals surface area contributed by atoms with E-state index in [1.54, 1.807) is 0 Å². The van der Waals surface area contributed by atoms with Crippen molar-refractivity contribution in [1.29, 1.82) is 0 Å². The van der Waals surface area contributed by atoms with Gasteiger partial charge >= 0.3 is 0 Å². The molecule has 0 fully saturated rings. The van der Waals surface area contributed by atoms with E-state index in [0.29, 0.717) is 17.8 Å². The molecule has 0 atom stereocenters. The van der Waals surface area contributed by atoms with E-state index in [1.807, 2.05) is 6.92 Å². The number of nitro benzene ring substituents is 1. The van der Waals surface area contributed by atoms with Crippen molar-refractivity contribution in [3.63, 3.8) is 0 Å². The number of benzene rings is 1. The molecule has 1 amide bonds. The molecule has 8 nitrogen and oxygen atoms in total. The summed E-state index contributed by atoms with van der Waals surface area (Å²) in [7, 11) is 0. The van der Waals surface area contributed by atoms with Crippen LogP contribution in [0.25, 0.3) is 0 Å². The van der Waals surface area contributed by atoms with Gasteiger partial charge in [-0.25, -0.2) is 0 Å². The van der Waals surface area contributed by atoms with Gasteiger partial charge in [0.25, 0.3) is 11.6 Å². The van der Waals surface area contributed by atoms with Crippen molar-refractivity contribution in [2.24, 2.45) is 0 Å². The number of carbonyl (C=O) groups excluding carboxylic acids is 1. The van der Waals surface area contributed by atoms with Crippen LogP contribution >= 0.6 is 0 Å². The van der Waals surface area contributed by atoms with Crippen LogP contribution in [0, 0.1) is 10.1 Å². The minimum Gasteiger partial charge on any atom is -0.379 e. The van der Waals surface area contributed by atoms with Crippen LogP contribution in [0.4, 0.5) is 17.2 Å². The molecule has 2 aromatic rings. The molecular formula is C13H14N4O4. The summed E-state index contributed by atoms with van der Waals surface area (Å²) in [5.41, 5.74) is 0.540. The summed E-state index contributed by atoms with van der Waals surface area (Å²) in [5.74, 6) is -0.139. The van der Waals surface area contributed by atoms with E-state index in [2.05, 4.69) is 20.3 Å². The zero-order valence-corrected chi connectivity index (χ0v) is 11.3. The topological polar surface area (TPSA) is 110 Å². The van der Waals surface area contributed by atoms with Gasteiger partial charge in [0.2, 0.25) is 0 Å². The molecule has 2 rings (SSSR count). The highest BCUT2D eigenvalue weighted by atomic mass is 16.6. The number of hydrogen-bond donors (Lipinski definition) is 2. The summed E-state index contributed by atoms with van der Waals surface area (Å²) in [5, 5.41) is 20.0. The van der Waals surface area contributed by atoms with Crippen LogP contribution in [-0.4, -0.2) is 22.5 Å². The van der Waals surface area contributed by atoms with Crippen molar-refractivity contribution < 1.29 is 14.2 Å². The zero-order chi connectivity index (χ0) is 15.2. The van der Waals surface area contributed by atoms with Crippen molar-refractivity contribution in [3.05, 3.63) is 46.2 Å². The van der Waals surface area contributed by atoms with Crippen molar-refractivity contribution in [2.45, 2.75) is 13.3 Å². The van der Waals surface area contributed by atoms with Gasteiger partial charge in [-0.1, -0.05) is 12.1 Å². The average molecular weight is 290 g/mol. The molecule has 21 heavy (non-hydrogen) atoms. The van der Waals surface area contributed by atoms with Crippen molar-refractivity contribution in [1.82, 2.24) is 5.16 Å². The van der Waals surface area contributed by atoms with Gasteiger partial charge in [-0.15, -0.1) is 0 Å². The molecule has 0 saturated heterocycles. The van der Waals surface area contributed by atoms with Gasteiger partial charge in [0, 0.05) is 24.2 Å². The Morgan fingerprint density at radius 3 is 2.86 bits per heavy atom. The predicted octanol–water partition coefficient (Wildman–Crippen LogP) is 2.66. The van der Waals surface area contributed by atoms with Gasteiger partial charge < -0.3 is 15.2 Å². The minimum atomic E-state index is -0.489. The first-order valence-corrected chi connectivity index (χ1v) is 6.36. The lowest BCUT2D eigenvalue weighted by Crippen LogP contribution is -2.13. The van der Waals surface area contributed by atoms with E-state index in [0.717, 1.165) is 6.42 Å². The zero-order valence-electron chi connectivity index (χ0n) is 11.3. The summed E-state index contributed by atoms with van der Waals surface area (Å²) in [6, 6.07) is 5.64. The van der Waals surface area contributed by atoms with Gasteiger partial charge in [-0.2, -0.15) is 0 Å². The second-order valence-electron chi connectivity index (χ2n) is 4.25. The molecule has 8 heteroatoms. The highest BCUT2D eigenvalue weighted by Crippen LogP contribution is 2.25. The largest absolute Gasteiger partial charge is 0.379 e. The first-order chi connectivity index (χ1) is 10.1. The number of rotatable bonds is 6. The van der Waals surface area contributed by atoms with Crippen LogP contribution in [0.2, 0.25) is 0 Å². The summed E-state index contributed by atoms with van der Waals surface area (Å²) < 4.78 is 4.61.